The van der Waals surface area contributed by atoms with Crippen molar-refractivity contribution in [2.24, 2.45) is 0 Å². The van der Waals surface area contributed by atoms with Crippen molar-refractivity contribution in [2.45, 2.75) is 38.1 Å². The van der Waals surface area contributed by atoms with Crippen LogP contribution in [0.5, 0.6) is 0 Å². The van der Waals surface area contributed by atoms with E-state index in [4.69, 9.17) is 6.42 Å². The van der Waals surface area contributed by atoms with Crippen LogP contribution in [-0.2, 0) is 6.54 Å². The van der Waals surface area contributed by atoms with Gasteiger partial charge in [-0.15, -0.1) is 6.42 Å². The molecule has 1 aromatic rings. The molecule has 0 aliphatic heterocycles. The smallest absolute Gasteiger partial charge is 0.112 e. The van der Waals surface area contributed by atoms with Gasteiger partial charge in [-0.3, -0.25) is 0 Å². The summed E-state index contributed by atoms with van der Waals surface area (Å²) < 4.78 is 2.09. The summed E-state index contributed by atoms with van der Waals surface area (Å²) in [5.74, 6) is 4.50. The molecule has 2 nitrogen and oxygen atoms in total. The molecule has 2 heteroatoms. The molecule has 1 heterocycles. The highest BCUT2D eigenvalue weighted by Crippen LogP contribution is 2.32. The summed E-state index contributed by atoms with van der Waals surface area (Å²) in [6.45, 7) is 0.659. The fraction of sp³-hybridized carbons (Fsp3) is 0.545. The SMILES string of the molecule is C#CCn1ccnc1C1CCCC1. The van der Waals surface area contributed by atoms with Gasteiger partial charge in [-0.05, 0) is 12.8 Å². The van der Waals surface area contributed by atoms with Crippen molar-refractivity contribution < 1.29 is 0 Å². The van der Waals surface area contributed by atoms with Gasteiger partial charge in [0.1, 0.15) is 5.82 Å². The Morgan fingerprint density at radius 1 is 1.54 bits per heavy atom. The molecule has 0 amide bonds. The molecular weight excluding hydrogens is 160 g/mol. The number of hydrogen-bond donors (Lipinski definition) is 0. The zero-order chi connectivity index (χ0) is 9.10. The summed E-state index contributed by atoms with van der Waals surface area (Å²) in [6, 6.07) is 0. The first-order chi connectivity index (χ1) is 6.42. The summed E-state index contributed by atoms with van der Waals surface area (Å²) in [5.41, 5.74) is 0. The molecule has 1 aromatic heterocycles. The molecule has 0 atom stereocenters. The first-order valence-corrected chi connectivity index (χ1v) is 4.86. The van der Waals surface area contributed by atoms with E-state index >= 15 is 0 Å². The minimum Gasteiger partial charge on any atom is -0.323 e. The average molecular weight is 174 g/mol. The Labute approximate surface area is 79.0 Å². The molecule has 1 aliphatic carbocycles. The Kier molecular flexibility index (Phi) is 2.35. The van der Waals surface area contributed by atoms with Gasteiger partial charge >= 0.3 is 0 Å². The van der Waals surface area contributed by atoms with E-state index in [1.807, 2.05) is 12.4 Å². The fourth-order valence-corrected chi connectivity index (χ4v) is 2.10. The standard InChI is InChI=1S/C11H14N2/c1-2-8-13-9-7-12-11(13)10-5-3-4-6-10/h1,7,9-10H,3-6,8H2. The van der Waals surface area contributed by atoms with E-state index < -0.39 is 0 Å². The second-order valence-electron chi connectivity index (χ2n) is 3.60. The van der Waals surface area contributed by atoms with E-state index in [0.717, 1.165) is 0 Å². The second-order valence-corrected chi connectivity index (χ2v) is 3.60. The highest BCUT2D eigenvalue weighted by Gasteiger charge is 2.20. The first kappa shape index (κ1) is 8.37. The summed E-state index contributed by atoms with van der Waals surface area (Å²) in [4.78, 5) is 4.38. The van der Waals surface area contributed by atoms with Crippen LogP contribution in [0.25, 0.3) is 0 Å². The minimum atomic E-state index is 0.656. The van der Waals surface area contributed by atoms with Gasteiger partial charge < -0.3 is 4.57 Å². The molecule has 2 rings (SSSR count). The maximum Gasteiger partial charge on any atom is 0.112 e. The van der Waals surface area contributed by atoms with Gasteiger partial charge in [-0.25, -0.2) is 4.98 Å². The summed E-state index contributed by atoms with van der Waals surface area (Å²) in [7, 11) is 0. The third kappa shape index (κ3) is 1.60. The van der Waals surface area contributed by atoms with Crippen LogP contribution in [0.15, 0.2) is 12.4 Å². The van der Waals surface area contributed by atoms with Crippen molar-refractivity contribution in [3.8, 4) is 12.3 Å². The lowest BCUT2D eigenvalue weighted by Crippen LogP contribution is -2.05. The van der Waals surface area contributed by atoms with Crippen LogP contribution in [0.3, 0.4) is 0 Å². The number of rotatable bonds is 2. The van der Waals surface area contributed by atoms with Crippen LogP contribution in [0.1, 0.15) is 37.4 Å². The Morgan fingerprint density at radius 2 is 2.31 bits per heavy atom. The van der Waals surface area contributed by atoms with Gasteiger partial charge in [0, 0.05) is 18.3 Å². The van der Waals surface area contributed by atoms with Crippen LogP contribution in [0.4, 0.5) is 0 Å². The zero-order valence-corrected chi connectivity index (χ0v) is 7.74. The molecule has 0 radical (unpaired) electrons. The Bertz CT molecular complexity index is 313. The number of imidazole rings is 1. The van der Waals surface area contributed by atoms with E-state index in [-0.39, 0.29) is 0 Å². The quantitative estimate of drug-likeness (QED) is 0.628. The van der Waals surface area contributed by atoms with Gasteiger partial charge in [-0.2, -0.15) is 0 Å². The highest BCUT2D eigenvalue weighted by atomic mass is 15.1. The topological polar surface area (TPSA) is 17.8 Å². The maximum absolute atomic E-state index is 5.29. The molecular formula is C11H14N2. The molecule has 0 aromatic carbocycles. The zero-order valence-electron chi connectivity index (χ0n) is 7.74. The molecule has 0 unspecified atom stereocenters. The van der Waals surface area contributed by atoms with E-state index in [9.17, 15) is 0 Å². The van der Waals surface area contributed by atoms with Crippen LogP contribution >= 0.6 is 0 Å². The Balaban J connectivity index is 2.19. The molecule has 0 spiro atoms. The molecule has 1 aliphatic rings. The lowest BCUT2D eigenvalue weighted by Gasteiger charge is -2.09. The molecule has 0 N–H and O–H groups in total. The van der Waals surface area contributed by atoms with Gasteiger partial charge in [-0.1, -0.05) is 18.8 Å². The third-order valence-corrected chi connectivity index (χ3v) is 2.73. The normalized spacial score (nSPS) is 17.5. The predicted octanol–water partition coefficient (Wildman–Crippen LogP) is 2.17. The van der Waals surface area contributed by atoms with Crippen molar-refractivity contribution >= 4 is 0 Å². The Morgan fingerprint density at radius 3 is 3.00 bits per heavy atom. The third-order valence-electron chi connectivity index (χ3n) is 2.73. The van der Waals surface area contributed by atoms with Crippen molar-refractivity contribution in [1.29, 1.82) is 0 Å². The lowest BCUT2D eigenvalue weighted by atomic mass is 10.1. The molecule has 0 saturated heterocycles. The molecule has 0 bridgehead atoms. The second kappa shape index (κ2) is 3.66. The van der Waals surface area contributed by atoms with E-state index in [1.165, 1.54) is 31.5 Å². The molecule has 1 saturated carbocycles. The van der Waals surface area contributed by atoms with Gasteiger partial charge in [0.15, 0.2) is 0 Å². The van der Waals surface area contributed by atoms with Crippen LogP contribution in [0.2, 0.25) is 0 Å². The highest BCUT2D eigenvalue weighted by molar-refractivity contribution is 5.04. The number of hydrogen-bond acceptors (Lipinski definition) is 1. The predicted molar refractivity (Wildman–Crippen MR) is 52.3 cm³/mol. The van der Waals surface area contributed by atoms with Crippen LogP contribution < -0.4 is 0 Å². The van der Waals surface area contributed by atoms with Crippen molar-refractivity contribution in [2.75, 3.05) is 0 Å². The lowest BCUT2D eigenvalue weighted by molar-refractivity contribution is 0.619. The summed E-state index contributed by atoms with van der Waals surface area (Å²) >= 11 is 0. The number of aromatic nitrogens is 2. The largest absolute Gasteiger partial charge is 0.323 e. The van der Waals surface area contributed by atoms with Gasteiger partial charge in [0.05, 0.1) is 6.54 Å². The molecule has 1 fully saturated rings. The number of nitrogens with zero attached hydrogens (tertiary/aromatic N) is 2. The first-order valence-electron chi connectivity index (χ1n) is 4.86. The van der Waals surface area contributed by atoms with Crippen LogP contribution in [-0.4, -0.2) is 9.55 Å². The molecule has 13 heavy (non-hydrogen) atoms. The Hall–Kier alpha value is -1.23. The summed E-state index contributed by atoms with van der Waals surface area (Å²) in [6.07, 6.45) is 14.4. The van der Waals surface area contributed by atoms with E-state index in [0.29, 0.717) is 12.5 Å². The van der Waals surface area contributed by atoms with Gasteiger partial charge in [0.2, 0.25) is 0 Å². The summed E-state index contributed by atoms with van der Waals surface area (Å²) in [5, 5.41) is 0. The van der Waals surface area contributed by atoms with Crippen molar-refractivity contribution in [1.82, 2.24) is 9.55 Å². The average Bonchev–Trinajstić information content (AvgIpc) is 2.71. The van der Waals surface area contributed by atoms with E-state index in [1.54, 1.807) is 0 Å². The van der Waals surface area contributed by atoms with Crippen molar-refractivity contribution in [3.05, 3.63) is 18.2 Å². The van der Waals surface area contributed by atoms with E-state index in [2.05, 4.69) is 15.5 Å². The van der Waals surface area contributed by atoms with Gasteiger partial charge in [0.25, 0.3) is 0 Å². The number of terminal acetylenes is 1. The minimum absolute atomic E-state index is 0.656. The fourth-order valence-electron chi connectivity index (χ4n) is 2.10. The molecule has 68 valence electrons. The maximum atomic E-state index is 5.29. The van der Waals surface area contributed by atoms with Crippen molar-refractivity contribution in [3.63, 3.8) is 0 Å². The monoisotopic (exact) mass is 174 g/mol. The van der Waals surface area contributed by atoms with Crippen LogP contribution in [0, 0.1) is 12.3 Å².